The Bertz CT molecular complexity index is 1730. The number of ketones is 1. The maximum atomic E-state index is 12.8. The van der Waals surface area contributed by atoms with Gasteiger partial charge in [-0.05, 0) is 41.5 Å². The molecule has 5 rings (SSSR count). The highest BCUT2D eigenvalue weighted by molar-refractivity contribution is 7.89. The van der Waals surface area contributed by atoms with Gasteiger partial charge in [-0.25, -0.2) is 17.4 Å². The van der Waals surface area contributed by atoms with E-state index in [1.54, 1.807) is 24.5 Å². The van der Waals surface area contributed by atoms with Crippen molar-refractivity contribution in [1.82, 2.24) is 24.2 Å². The highest BCUT2D eigenvalue weighted by atomic mass is 32.2. The SMILES string of the molecule is CS(=O)(=O)n1cc(C(=O)NCC(=O)Cc2nc(-c3cccc(-c4ccncc4)c3)cs2)c2ncccc21. The molecule has 0 fully saturated rings. The summed E-state index contributed by atoms with van der Waals surface area (Å²) in [7, 11) is -3.63. The molecule has 0 aliphatic rings. The second kappa shape index (κ2) is 10.0. The van der Waals surface area contributed by atoms with Crippen LogP contribution in [-0.2, 0) is 21.2 Å². The van der Waals surface area contributed by atoms with Crippen LogP contribution in [0, 0.1) is 0 Å². The average Bonchev–Trinajstić information content (AvgIpc) is 3.53. The molecule has 11 heteroatoms. The molecule has 1 N–H and O–H groups in total. The molecule has 186 valence electrons. The number of fused-ring (bicyclic) bond motifs is 1. The van der Waals surface area contributed by atoms with Crippen LogP contribution in [0.5, 0.6) is 0 Å². The molecular weight excluding hydrogens is 510 g/mol. The van der Waals surface area contributed by atoms with Gasteiger partial charge in [0.1, 0.15) is 10.5 Å². The summed E-state index contributed by atoms with van der Waals surface area (Å²) < 4.78 is 25.2. The Kier molecular flexibility index (Phi) is 6.64. The first-order valence-corrected chi connectivity index (χ1v) is 13.9. The van der Waals surface area contributed by atoms with Gasteiger partial charge in [0.05, 0.1) is 36.0 Å². The summed E-state index contributed by atoms with van der Waals surface area (Å²) in [6.45, 7) is -0.219. The van der Waals surface area contributed by atoms with Gasteiger partial charge in [-0.2, -0.15) is 0 Å². The Morgan fingerprint density at radius 2 is 1.78 bits per heavy atom. The molecule has 0 unspecified atom stereocenters. The third-order valence-electron chi connectivity index (χ3n) is 5.65. The van der Waals surface area contributed by atoms with Crippen LogP contribution in [-0.4, -0.2) is 51.8 Å². The van der Waals surface area contributed by atoms with E-state index in [0.29, 0.717) is 10.5 Å². The van der Waals surface area contributed by atoms with E-state index >= 15 is 0 Å². The lowest BCUT2D eigenvalue weighted by molar-refractivity contribution is -0.117. The number of pyridine rings is 2. The Morgan fingerprint density at radius 3 is 2.57 bits per heavy atom. The Morgan fingerprint density at radius 1 is 1.00 bits per heavy atom. The molecule has 1 aromatic carbocycles. The smallest absolute Gasteiger partial charge is 0.255 e. The van der Waals surface area contributed by atoms with Gasteiger partial charge in [0.15, 0.2) is 5.78 Å². The minimum atomic E-state index is -3.63. The molecule has 0 saturated carbocycles. The van der Waals surface area contributed by atoms with Crippen molar-refractivity contribution in [2.24, 2.45) is 0 Å². The lowest BCUT2D eigenvalue weighted by Crippen LogP contribution is -2.30. The summed E-state index contributed by atoms with van der Waals surface area (Å²) in [6, 6.07) is 15.0. The summed E-state index contributed by atoms with van der Waals surface area (Å²) in [5.74, 6) is -0.799. The molecule has 1 amide bonds. The van der Waals surface area contributed by atoms with Gasteiger partial charge in [-0.1, -0.05) is 18.2 Å². The lowest BCUT2D eigenvalue weighted by atomic mass is 10.0. The third kappa shape index (κ3) is 5.32. The number of hydrogen-bond acceptors (Lipinski definition) is 8. The molecule has 0 bridgehead atoms. The quantitative estimate of drug-likeness (QED) is 0.325. The summed E-state index contributed by atoms with van der Waals surface area (Å²) in [6.07, 6.45) is 7.30. The van der Waals surface area contributed by atoms with Crippen LogP contribution in [0.15, 0.2) is 78.7 Å². The van der Waals surface area contributed by atoms with Crippen molar-refractivity contribution in [3.8, 4) is 22.4 Å². The first-order valence-electron chi connectivity index (χ1n) is 11.2. The fourth-order valence-electron chi connectivity index (χ4n) is 3.90. The molecule has 0 spiro atoms. The molecule has 0 aliphatic carbocycles. The number of hydrogen-bond donors (Lipinski definition) is 1. The van der Waals surface area contributed by atoms with Gasteiger partial charge >= 0.3 is 0 Å². The number of aromatic nitrogens is 4. The van der Waals surface area contributed by atoms with E-state index in [9.17, 15) is 18.0 Å². The molecule has 0 aliphatic heterocycles. The standard InChI is InChI=1S/C26H21N5O4S2/c1-37(34,35)31-15-21(25-23(31)6-3-9-28-25)26(33)29-14-20(32)13-24-30-22(16-36-24)19-5-2-4-18(12-19)17-7-10-27-11-8-17/h2-12,15-16H,13-14H2,1H3,(H,29,33). The second-order valence-corrected chi connectivity index (χ2v) is 11.1. The molecule has 9 nitrogen and oxygen atoms in total. The van der Waals surface area contributed by atoms with E-state index in [4.69, 9.17) is 0 Å². The van der Waals surface area contributed by atoms with E-state index in [1.807, 2.05) is 41.8 Å². The Hall–Kier alpha value is -4.22. The number of carbonyl (C=O) groups excluding carboxylic acids is 2. The first kappa shape index (κ1) is 24.5. The Balaban J connectivity index is 1.25. The molecule has 5 aromatic rings. The normalized spacial score (nSPS) is 11.5. The maximum absolute atomic E-state index is 12.8. The molecular formula is C26H21N5O4S2. The van der Waals surface area contributed by atoms with Crippen molar-refractivity contribution in [2.45, 2.75) is 6.42 Å². The van der Waals surface area contributed by atoms with Crippen LogP contribution in [0.25, 0.3) is 33.4 Å². The molecule has 4 heterocycles. The van der Waals surface area contributed by atoms with Crippen molar-refractivity contribution in [3.63, 3.8) is 0 Å². The number of nitrogens with zero attached hydrogens (tertiary/aromatic N) is 4. The highest BCUT2D eigenvalue weighted by Crippen LogP contribution is 2.27. The van der Waals surface area contributed by atoms with E-state index in [-0.39, 0.29) is 29.8 Å². The van der Waals surface area contributed by atoms with Crippen molar-refractivity contribution in [1.29, 1.82) is 0 Å². The molecule has 0 radical (unpaired) electrons. The second-order valence-electron chi connectivity index (χ2n) is 8.31. The summed E-state index contributed by atoms with van der Waals surface area (Å²) >= 11 is 1.38. The molecule has 0 saturated heterocycles. The van der Waals surface area contributed by atoms with Gasteiger partial charge < -0.3 is 5.32 Å². The van der Waals surface area contributed by atoms with Crippen molar-refractivity contribution >= 4 is 44.1 Å². The number of Topliss-reactive ketones (excluding diaryl/α,β-unsaturated/α-hetero) is 1. The van der Waals surface area contributed by atoms with Gasteiger partial charge in [-0.15, -0.1) is 11.3 Å². The Labute approximate surface area is 216 Å². The number of amides is 1. The fourth-order valence-corrected chi connectivity index (χ4v) is 5.54. The van der Waals surface area contributed by atoms with E-state index < -0.39 is 15.9 Å². The van der Waals surface area contributed by atoms with Crippen LogP contribution in [0.3, 0.4) is 0 Å². The molecule has 0 atom stereocenters. The summed E-state index contributed by atoms with van der Waals surface area (Å²) in [4.78, 5) is 38.2. The average molecular weight is 532 g/mol. The number of carbonyl (C=O) groups is 2. The highest BCUT2D eigenvalue weighted by Gasteiger charge is 2.21. The number of benzene rings is 1. The molecule has 4 aromatic heterocycles. The van der Waals surface area contributed by atoms with Crippen LogP contribution in [0.2, 0.25) is 0 Å². The largest absolute Gasteiger partial charge is 0.345 e. The zero-order chi connectivity index (χ0) is 26.0. The zero-order valence-corrected chi connectivity index (χ0v) is 21.3. The van der Waals surface area contributed by atoms with Crippen LogP contribution in [0.4, 0.5) is 0 Å². The maximum Gasteiger partial charge on any atom is 0.255 e. The van der Waals surface area contributed by atoms with Crippen LogP contribution >= 0.6 is 11.3 Å². The van der Waals surface area contributed by atoms with Crippen molar-refractivity contribution in [3.05, 3.63) is 89.3 Å². The van der Waals surface area contributed by atoms with E-state index in [0.717, 1.165) is 32.6 Å². The predicted molar refractivity (Wildman–Crippen MR) is 142 cm³/mol. The predicted octanol–water partition coefficient (Wildman–Crippen LogP) is 3.57. The van der Waals surface area contributed by atoms with E-state index in [2.05, 4.69) is 20.3 Å². The van der Waals surface area contributed by atoms with Gasteiger partial charge in [0, 0.05) is 35.7 Å². The van der Waals surface area contributed by atoms with Gasteiger partial charge in [-0.3, -0.25) is 19.6 Å². The first-order chi connectivity index (χ1) is 17.8. The minimum absolute atomic E-state index is 0.0678. The summed E-state index contributed by atoms with van der Waals surface area (Å²) in [5.41, 5.74) is 4.42. The topological polar surface area (TPSA) is 124 Å². The third-order valence-corrected chi connectivity index (χ3v) is 7.51. The van der Waals surface area contributed by atoms with Crippen molar-refractivity contribution in [2.75, 3.05) is 12.8 Å². The summed E-state index contributed by atoms with van der Waals surface area (Å²) in [5, 5.41) is 5.11. The van der Waals surface area contributed by atoms with Crippen molar-refractivity contribution < 1.29 is 18.0 Å². The number of thiazole rings is 1. The molecule has 37 heavy (non-hydrogen) atoms. The lowest BCUT2D eigenvalue weighted by Gasteiger charge is -2.04. The number of rotatable bonds is 8. The van der Waals surface area contributed by atoms with Crippen LogP contribution < -0.4 is 5.32 Å². The van der Waals surface area contributed by atoms with Crippen LogP contribution in [0.1, 0.15) is 15.4 Å². The fraction of sp³-hybridized carbons (Fsp3) is 0.115. The number of nitrogens with one attached hydrogen (secondary N) is 1. The zero-order valence-electron chi connectivity index (χ0n) is 19.7. The van der Waals surface area contributed by atoms with Gasteiger partial charge in [0.25, 0.3) is 5.91 Å². The minimum Gasteiger partial charge on any atom is -0.345 e. The van der Waals surface area contributed by atoms with E-state index in [1.165, 1.54) is 23.7 Å². The monoisotopic (exact) mass is 531 g/mol. The van der Waals surface area contributed by atoms with Gasteiger partial charge in [0.2, 0.25) is 10.0 Å².